The second-order valence-electron chi connectivity index (χ2n) is 10.9. The molecule has 7 heteroatoms. The molecule has 0 fully saturated rings. The van der Waals surface area contributed by atoms with Crippen LogP contribution in [0.5, 0.6) is 0 Å². The van der Waals surface area contributed by atoms with Crippen LogP contribution in [-0.2, 0) is 0 Å². The van der Waals surface area contributed by atoms with E-state index in [4.69, 9.17) is 13.8 Å². The SMILES string of the molecule is N#Cc1c(-c2ccc(-n3c4ccccc4c4cc5oc6ccccc6c5cc43)nc2)c(C#N)c2c(oc3ccccc32)c1C#N. The van der Waals surface area contributed by atoms with Crippen molar-refractivity contribution in [3.63, 3.8) is 0 Å². The number of nitrogens with zero attached hydrogens (tertiary/aromatic N) is 5. The Morgan fingerprint density at radius 1 is 0.556 bits per heavy atom. The Hall–Kier alpha value is -6.88. The lowest BCUT2D eigenvalue weighted by Crippen LogP contribution is -2.00. The molecular weight excluding hydrogens is 558 g/mol. The average molecular weight is 576 g/mol. The molecule has 0 aliphatic heterocycles. The van der Waals surface area contributed by atoms with Crippen molar-refractivity contribution in [1.82, 2.24) is 9.55 Å². The van der Waals surface area contributed by atoms with Crippen molar-refractivity contribution in [2.75, 3.05) is 0 Å². The lowest BCUT2D eigenvalue weighted by Gasteiger charge is -2.12. The molecule has 0 saturated carbocycles. The van der Waals surface area contributed by atoms with E-state index in [0.29, 0.717) is 33.3 Å². The number of nitriles is 3. The first-order valence-corrected chi connectivity index (χ1v) is 14.2. The van der Waals surface area contributed by atoms with E-state index >= 15 is 0 Å². The number of benzene rings is 5. The van der Waals surface area contributed by atoms with E-state index in [1.807, 2.05) is 60.7 Å². The summed E-state index contributed by atoms with van der Waals surface area (Å²) >= 11 is 0. The van der Waals surface area contributed by atoms with E-state index < -0.39 is 0 Å². The summed E-state index contributed by atoms with van der Waals surface area (Å²) in [5, 5.41) is 36.2. The molecule has 0 atom stereocenters. The third kappa shape index (κ3) is 3.28. The Morgan fingerprint density at radius 3 is 1.98 bits per heavy atom. The smallest absolute Gasteiger partial charge is 0.155 e. The fourth-order valence-electron chi connectivity index (χ4n) is 6.68. The summed E-state index contributed by atoms with van der Waals surface area (Å²) in [6, 6.07) is 38.0. The second kappa shape index (κ2) is 9.06. The van der Waals surface area contributed by atoms with E-state index in [0.717, 1.165) is 43.7 Å². The first-order valence-electron chi connectivity index (χ1n) is 14.2. The fourth-order valence-corrected chi connectivity index (χ4v) is 6.68. The van der Waals surface area contributed by atoms with Crippen molar-refractivity contribution >= 4 is 65.7 Å². The van der Waals surface area contributed by atoms with Crippen LogP contribution in [0.2, 0.25) is 0 Å². The predicted octanol–water partition coefficient (Wildman–Crippen LogP) is 9.26. The molecule has 4 heterocycles. The summed E-state index contributed by atoms with van der Waals surface area (Å²) in [5.41, 5.74) is 5.76. The first-order chi connectivity index (χ1) is 22.2. The zero-order valence-electron chi connectivity index (χ0n) is 23.4. The van der Waals surface area contributed by atoms with Crippen LogP contribution in [0.1, 0.15) is 16.7 Å². The Kier molecular flexibility index (Phi) is 4.97. The quantitative estimate of drug-likeness (QED) is 0.203. The largest absolute Gasteiger partial charge is 0.456 e. The van der Waals surface area contributed by atoms with Gasteiger partial charge in [0.2, 0.25) is 0 Å². The lowest BCUT2D eigenvalue weighted by atomic mass is 9.89. The molecule has 9 rings (SSSR count). The third-order valence-corrected chi connectivity index (χ3v) is 8.59. The molecule has 9 aromatic rings. The van der Waals surface area contributed by atoms with Crippen molar-refractivity contribution in [3.8, 4) is 35.2 Å². The Morgan fingerprint density at radius 2 is 1.24 bits per heavy atom. The van der Waals surface area contributed by atoms with Crippen molar-refractivity contribution < 1.29 is 8.83 Å². The summed E-state index contributed by atoms with van der Waals surface area (Å²) in [7, 11) is 0. The minimum Gasteiger partial charge on any atom is -0.456 e. The zero-order valence-corrected chi connectivity index (χ0v) is 23.4. The van der Waals surface area contributed by atoms with Gasteiger partial charge in [-0.25, -0.2) is 4.98 Å². The molecule has 5 aromatic carbocycles. The van der Waals surface area contributed by atoms with Gasteiger partial charge in [-0.15, -0.1) is 0 Å². The molecule has 0 saturated heterocycles. The molecule has 206 valence electrons. The van der Waals surface area contributed by atoms with Gasteiger partial charge < -0.3 is 8.83 Å². The van der Waals surface area contributed by atoms with Gasteiger partial charge in [-0.2, -0.15) is 15.8 Å². The van der Waals surface area contributed by atoms with Crippen LogP contribution in [0.15, 0.2) is 112 Å². The number of aromatic nitrogens is 2. The summed E-state index contributed by atoms with van der Waals surface area (Å²) < 4.78 is 14.3. The minimum absolute atomic E-state index is 0.0845. The van der Waals surface area contributed by atoms with Gasteiger partial charge in [-0.05, 0) is 42.5 Å². The maximum Gasteiger partial charge on any atom is 0.155 e. The van der Waals surface area contributed by atoms with Crippen LogP contribution in [0.25, 0.3) is 82.6 Å². The molecule has 0 aliphatic rings. The molecule has 0 radical (unpaired) electrons. The number of fused-ring (bicyclic) bond motifs is 9. The third-order valence-electron chi connectivity index (χ3n) is 8.59. The summed E-state index contributed by atoms with van der Waals surface area (Å²) in [6.45, 7) is 0. The molecule has 0 spiro atoms. The van der Waals surface area contributed by atoms with Crippen LogP contribution in [0.4, 0.5) is 0 Å². The van der Waals surface area contributed by atoms with Crippen LogP contribution in [-0.4, -0.2) is 9.55 Å². The zero-order chi connectivity index (χ0) is 30.2. The van der Waals surface area contributed by atoms with Gasteiger partial charge in [0, 0.05) is 49.6 Å². The van der Waals surface area contributed by atoms with Crippen molar-refractivity contribution in [2.45, 2.75) is 0 Å². The number of rotatable bonds is 2. The molecule has 7 nitrogen and oxygen atoms in total. The highest BCUT2D eigenvalue weighted by atomic mass is 16.3. The first kappa shape index (κ1) is 24.7. The number of hydrogen-bond acceptors (Lipinski definition) is 6. The monoisotopic (exact) mass is 575 g/mol. The number of furan rings is 2. The molecule has 4 aromatic heterocycles. The Bertz CT molecular complexity index is 2850. The number of pyridine rings is 1. The number of hydrogen-bond donors (Lipinski definition) is 0. The highest BCUT2D eigenvalue weighted by Gasteiger charge is 2.26. The van der Waals surface area contributed by atoms with Crippen LogP contribution >= 0.6 is 0 Å². The molecule has 0 unspecified atom stereocenters. The van der Waals surface area contributed by atoms with Crippen LogP contribution < -0.4 is 0 Å². The van der Waals surface area contributed by atoms with E-state index in [1.54, 1.807) is 12.3 Å². The van der Waals surface area contributed by atoms with Gasteiger partial charge in [0.1, 0.15) is 46.3 Å². The summed E-state index contributed by atoms with van der Waals surface area (Å²) in [5.74, 6) is 0.671. The second-order valence-corrected chi connectivity index (χ2v) is 10.9. The molecule has 0 amide bonds. The maximum absolute atomic E-state index is 10.4. The van der Waals surface area contributed by atoms with Gasteiger partial charge in [-0.3, -0.25) is 4.57 Å². The van der Waals surface area contributed by atoms with Crippen molar-refractivity contribution in [3.05, 3.63) is 120 Å². The topological polar surface area (TPSA) is 115 Å². The predicted molar refractivity (Wildman–Crippen MR) is 173 cm³/mol. The Labute approximate surface area is 254 Å². The van der Waals surface area contributed by atoms with Gasteiger partial charge in [-0.1, -0.05) is 54.6 Å². The van der Waals surface area contributed by atoms with E-state index in [1.165, 1.54) is 0 Å². The molecular formula is C38H17N5O2. The van der Waals surface area contributed by atoms with Gasteiger partial charge in [0.25, 0.3) is 0 Å². The number of para-hydroxylation sites is 3. The molecule has 0 N–H and O–H groups in total. The molecule has 45 heavy (non-hydrogen) atoms. The molecule has 0 aliphatic carbocycles. The normalized spacial score (nSPS) is 11.5. The van der Waals surface area contributed by atoms with E-state index in [9.17, 15) is 15.8 Å². The maximum atomic E-state index is 10.4. The summed E-state index contributed by atoms with van der Waals surface area (Å²) in [4.78, 5) is 4.88. The van der Waals surface area contributed by atoms with E-state index in [-0.39, 0.29) is 22.3 Å². The summed E-state index contributed by atoms with van der Waals surface area (Å²) in [6.07, 6.45) is 1.66. The highest BCUT2D eigenvalue weighted by molar-refractivity contribution is 6.17. The van der Waals surface area contributed by atoms with E-state index in [2.05, 4.69) is 53.1 Å². The standard InChI is InChI=1S/C38H17N5O2/c39-17-27-28(18-40)38-37(24-9-3-6-12-33(24)45-38)29(19-41)36(27)21-13-14-35(42-20-21)43-30-10-4-1-7-22(30)25-16-34-26(15-31(25)43)23-8-2-5-11-32(23)44-34/h1-16,20H. The molecule has 0 bridgehead atoms. The van der Waals surface area contributed by atoms with Gasteiger partial charge in [0.15, 0.2) is 5.58 Å². The van der Waals surface area contributed by atoms with Crippen molar-refractivity contribution in [2.24, 2.45) is 0 Å². The lowest BCUT2D eigenvalue weighted by molar-refractivity contribution is 0.667. The van der Waals surface area contributed by atoms with Gasteiger partial charge in [0.05, 0.1) is 22.2 Å². The average Bonchev–Trinajstić information content (AvgIpc) is 3.75. The highest BCUT2D eigenvalue weighted by Crippen LogP contribution is 2.42. The minimum atomic E-state index is 0.0845. The van der Waals surface area contributed by atoms with Crippen LogP contribution in [0, 0.1) is 34.0 Å². The van der Waals surface area contributed by atoms with Crippen molar-refractivity contribution in [1.29, 1.82) is 15.8 Å². The fraction of sp³-hybridized carbons (Fsp3) is 0. The van der Waals surface area contributed by atoms with Crippen LogP contribution in [0.3, 0.4) is 0 Å². The Balaban J connectivity index is 1.31. The van der Waals surface area contributed by atoms with Gasteiger partial charge >= 0.3 is 0 Å².